The highest BCUT2D eigenvalue weighted by molar-refractivity contribution is 5.08. The number of hydrogen-bond donors (Lipinski definition) is 0. The molecule has 2 heteroatoms. The maximum absolute atomic E-state index is 4.09. The number of rotatable bonds is 2. The summed E-state index contributed by atoms with van der Waals surface area (Å²) in [4.78, 5) is 6.53. The first-order chi connectivity index (χ1) is 5.84. The van der Waals surface area contributed by atoms with Gasteiger partial charge in [0.25, 0.3) is 0 Å². The van der Waals surface area contributed by atoms with Gasteiger partial charge < -0.3 is 0 Å². The summed E-state index contributed by atoms with van der Waals surface area (Å²) < 4.78 is 0. The van der Waals surface area contributed by atoms with Crippen molar-refractivity contribution in [2.45, 2.75) is 13.5 Å². The molecule has 2 heterocycles. The highest BCUT2D eigenvalue weighted by atomic mass is 15.2. The van der Waals surface area contributed by atoms with Gasteiger partial charge in [-0.15, -0.1) is 0 Å². The van der Waals surface area contributed by atoms with E-state index in [9.17, 15) is 0 Å². The van der Waals surface area contributed by atoms with Crippen molar-refractivity contribution in [3.63, 3.8) is 0 Å². The summed E-state index contributed by atoms with van der Waals surface area (Å²) in [5.74, 6) is 0.890. The van der Waals surface area contributed by atoms with E-state index in [2.05, 4.69) is 22.9 Å². The zero-order valence-corrected chi connectivity index (χ0v) is 7.40. The Hall–Kier alpha value is -0.890. The van der Waals surface area contributed by atoms with Crippen LogP contribution in [-0.2, 0) is 6.54 Å². The van der Waals surface area contributed by atoms with Crippen molar-refractivity contribution >= 4 is 0 Å². The first kappa shape index (κ1) is 7.74. The molecule has 1 aromatic rings. The fourth-order valence-corrected chi connectivity index (χ4v) is 1.71. The monoisotopic (exact) mass is 162 g/mol. The van der Waals surface area contributed by atoms with Gasteiger partial charge in [-0.25, -0.2) is 0 Å². The number of likely N-dealkylation sites (tertiary alicyclic amines) is 1. The lowest BCUT2D eigenvalue weighted by atomic mass is 10.0. The molecule has 0 atom stereocenters. The van der Waals surface area contributed by atoms with Gasteiger partial charge in [0.15, 0.2) is 0 Å². The number of nitrogens with zero attached hydrogens (tertiary/aromatic N) is 2. The van der Waals surface area contributed by atoms with Crippen LogP contribution in [0.25, 0.3) is 0 Å². The lowest BCUT2D eigenvalue weighted by Gasteiger charge is -2.37. The second-order valence-electron chi connectivity index (χ2n) is 3.66. The average Bonchev–Trinajstić information content (AvgIpc) is 2.04. The van der Waals surface area contributed by atoms with Crippen LogP contribution in [0.3, 0.4) is 0 Å². The first-order valence-corrected chi connectivity index (χ1v) is 4.46. The van der Waals surface area contributed by atoms with Crippen molar-refractivity contribution in [1.82, 2.24) is 9.88 Å². The van der Waals surface area contributed by atoms with Crippen molar-refractivity contribution in [2.24, 2.45) is 5.92 Å². The SMILES string of the molecule is CC1CN(Cc2cccnc2)C1. The van der Waals surface area contributed by atoms with Crippen LogP contribution in [0.15, 0.2) is 24.5 Å². The van der Waals surface area contributed by atoms with Crippen molar-refractivity contribution < 1.29 is 0 Å². The molecular formula is C10H14N2. The number of aromatic nitrogens is 1. The van der Waals surface area contributed by atoms with Gasteiger partial charge in [-0.2, -0.15) is 0 Å². The Morgan fingerprint density at radius 1 is 1.58 bits per heavy atom. The van der Waals surface area contributed by atoms with E-state index in [0.29, 0.717) is 0 Å². The molecule has 1 aromatic heterocycles. The van der Waals surface area contributed by atoms with Crippen LogP contribution in [-0.4, -0.2) is 23.0 Å². The van der Waals surface area contributed by atoms with Gasteiger partial charge in [0.2, 0.25) is 0 Å². The Balaban J connectivity index is 1.88. The molecule has 12 heavy (non-hydrogen) atoms. The maximum Gasteiger partial charge on any atom is 0.0312 e. The first-order valence-electron chi connectivity index (χ1n) is 4.46. The molecule has 1 aliphatic heterocycles. The molecular weight excluding hydrogens is 148 g/mol. The Labute approximate surface area is 73.2 Å². The topological polar surface area (TPSA) is 16.1 Å². The minimum absolute atomic E-state index is 0.890. The van der Waals surface area contributed by atoms with E-state index in [1.165, 1.54) is 18.7 Å². The van der Waals surface area contributed by atoms with E-state index in [0.717, 1.165) is 12.5 Å². The summed E-state index contributed by atoms with van der Waals surface area (Å²) in [5.41, 5.74) is 1.32. The Kier molecular flexibility index (Phi) is 2.09. The summed E-state index contributed by atoms with van der Waals surface area (Å²) in [6, 6.07) is 4.13. The summed E-state index contributed by atoms with van der Waals surface area (Å²) in [7, 11) is 0. The fraction of sp³-hybridized carbons (Fsp3) is 0.500. The van der Waals surface area contributed by atoms with Crippen LogP contribution in [0.2, 0.25) is 0 Å². The van der Waals surface area contributed by atoms with E-state index in [-0.39, 0.29) is 0 Å². The van der Waals surface area contributed by atoms with Crippen LogP contribution >= 0.6 is 0 Å². The molecule has 0 N–H and O–H groups in total. The van der Waals surface area contributed by atoms with Gasteiger partial charge in [-0.3, -0.25) is 9.88 Å². The van der Waals surface area contributed by atoms with Gasteiger partial charge in [0.05, 0.1) is 0 Å². The standard InChI is InChI=1S/C10H14N2/c1-9-6-12(7-9)8-10-3-2-4-11-5-10/h2-5,9H,6-8H2,1H3. The Bertz CT molecular complexity index is 239. The Morgan fingerprint density at radius 2 is 2.42 bits per heavy atom. The predicted octanol–water partition coefficient (Wildman–Crippen LogP) is 1.53. The minimum atomic E-state index is 0.890. The van der Waals surface area contributed by atoms with Crippen LogP contribution in [0, 0.1) is 5.92 Å². The molecule has 1 saturated heterocycles. The largest absolute Gasteiger partial charge is 0.298 e. The van der Waals surface area contributed by atoms with Crippen molar-refractivity contribution in [1.29, 1.82) is 0 Å². The number of pyridine rings is 1. The van der Waals surface area contributed by atoms with Gasteiger partial charge in [-0.1, -0.05) is 13.0 Å². The zero-order chi connectivity index (χ0) is 8.39. The summed E-state index contributed by atoms with van der Waals surface area (Å²) in [6.45, 7) is 5.85. The van der Waals surface area contributed by atoms with Crippen LogP contribution in [0.4, 0.5) is 0 Å². The summed E-state index contributed by atoms with van der Waals surface area (Å²) in [6.07, 6.45) is 3.77. The molecule has 0 bridgehead atoms. The van der Waals surface area contributed by atoms with Gasteiger partial charge in [0, 0.05) is 32.0 Å². The van der Waals surface area contributed by atoms with Gasteiger partial charge >= 0.3 is 0 Å². The van der Waals surface area contributed by atoms with Crippen molar-refractivity contribution in [3.8, 4) is 0 Å². The Morgan fingerprint density at radius 3 is 3.00 bits per heavy atom. The molecule has 64 valence electrons. The van der Waals surface area contributed by atoms with Crippen molar-refractivity contribution in [3.05, 3.63) is 30.1 Å². The average molecular weight is 162 g/mol. The normalized spacial score (nSPS) is 19.1. The molecule has 0 aliphatic carbocycles. The fourth-order valence-electron chi connectivity index (χ4n) is 1.71. The lowest BCUT2D eigenvalue weighted by Crippen LogP contribution is -2.44. The van der Waals surface area contributed by atoms with E-state index >= 15 is 0 Å². The molecule has 0 unspecified atom stereocenters. The molecule has 1 fully saturated rings. The van der Waals surface area contributed by atoms with Crippen LogP contribution < -0.4 is 0 Å². The quantitative estimate of drug-likeness (QED) is 0.655. The molecule has 0 saturated carbocycles. The second kappa shape index (κ2) is 3.23. The van der Waals surface area contributed by atoms with Crippen LogP contribution in [0.1, 0.15) is 12.5 Å². The predicted molar refractivity (Wildman–Crippen MR) is 48.7 cm³/mol. The minimum Gasteiger partial charge on any atom is -0.298 e. The third kappa shape index (κ3) is 1.64. The molecule has 2 nitrogen and oxygen atoms in total. The maximum atomic E-state index is 4.09. The van der Waals surface area contributed by atoms with Crippen molar-refractivity contribution in [2.75, 3.05) is 13.1 Å². The highest BCUT2D eigenvalue weighted by Crippen LogP contribution is 2.16. The molecule has 0 aromatic carbocycles. The number of hydrogen-bond acceptors (Lipinski definition) is 2. The smallest absolute Gasteiger partial charge is 0.0312 e. The molecule has 0 spiro atoms. The van der Waals surface area contributed by atoms with Gasteiger partial charge in [0.1, 0.15) is 0 Å². The molecule has 1 aliphatic rings. The van der Waals surface area contributed by atoms with E-state index in [1.807, 2.05) is 18.5 Å². The third-order valence-corrected chi connectivity index (χ3v) is 2.27. The second-order valence-corrected chi connectivity index (χ2v) is 3.66. The highest BCUT2D eigenvalue weighted by Gasteiger charge is 2.21. The third-order valence-electron chi connectivity index (χ3n) is 2.27. The summed E-state index contributed by atoms with van der Waals surface area (Å²) >= 11 is 0. The molecule has 2 rings (SSSR count). The molecule has 0 radical (unpaired) electrons. The molecule has 0 amide bonds. The lowest BCUT2D eigenvalue weighted by molar-refractivity contribution is 0.105. The van der Waals surface area contributed by atoms with E-state index in [1.54, 1.807) is 0 Å². The summed E-state index contributed by atoms with van der Waals surface area (Å²) in [5, 5.41) is 0. The van der Waals surface area contributed by atoms with Gasteiger partial charge in [-0.05, 0) is 17.5 Å². The van der Waals surface area contributed by atoms with E-state index in [4.69, 9.17) is 0 Å². The zero-order valence-electron chi connectivity index (χ0n) is 7.40. The van der Waals surface area contributed by atoms with E-state index < -0.39 is 0 Å². The van der Waals surface area contributed by atoms with Crippen LogP contribution in [0.5, 0.6) is 0 Å².